The molecule has 1 aliphatic carbocycles. The molecule has 1 fully saturated rings. The minimum absolute atomic E-state index is 0.135. The number of benzene rings is 1. The summed E-state index contributed by atoms with van der Waals surface area (Å²) < 4.78 is 0. The summed E-state index contributed by atoms with van der Waals surface area (Å²) in [6, 6.07) is 7.44. The predicted octanol–water partition coefficient (Wildman–Crippen LogP) is 3.02. The van der Waals surface area contributed by atoms with E-state index in [9.17, 15) is 9.59 Å². The Balaban J connectivity index is 1.81. The summed E-state index contributed by atoms with van der Waals surface area (Å²) in [6.45, 7) is 0.451. The van der Waals surface area contributed by atoms with Crippen LogP contribution in [0.3, 0.4) is 0 Å². The van der Waals surface area contributed by atoms with Gasteiger partial charge >= 0.3 is 0 Å². The van der Waals surface area contributed by atoms with Crippen molar-refractivity contribution < 1.29 is 9.59 Å². The van der Waals surface area contributed by atoms with Crippen molar-refractivity contribution >= 4 is 35.2 Å². The second kappa shape index (κ2) is 8.05. The molecule has 1 aromatic heterocycles. The zero-order chi connectivity index (χ0) is 18.7. The summed E-state index contributed by atoms with van der Waals surface area (Å²) in [7, 11) is 1.60. The van der Waals surface area contributed by atoms with Gasteiger partial charge in [0.2, 0.25) is 0 Å². The van der Waals surface area contributed by atoms with Gasteiger partial charge in [0.15, 0.2) is 10.9 Å². The third-order valence-corrected chi connectivity index (χ3v) is 4.99. The number of amides is 2. The van der Waals surface area contributed by atoms with E-state index in [0.29, 0.717) is 17.3 Å². The molecule has 0 spiro atoms. The van der Waals surface area contributed by atoms with Crippen LogP contribution in [0.2, 0.25) is 5.02 Å². The summed E-state index contributed by atoms with van der Waals surface area (Å²) >= 11 is 7.53. The van der Waals surface area contributed by atoms with Crippen molar-refractivity contribution in [2.45, 2.75) is 30.6 Å². The van der Waals surface area contributed by atoms with Crippen LogP contribution in [-0.2, 0) is 6.54 Å². The fourth-order valence-electron chi connectivity index (χ4n) is 2.59. The zero-order valence-corrected chi connectivity index (χ0v) is 16.1. The quantitative estimate of drug-likeness (QED) is 0.606. The first kappa shape index (κ1) is 18.7. The summed E-state index contributed by atoms with van der Waals surface area (Å²) in [4.78, 5) is 34.8. The van der Waals surface area contributed by atoms with E-state index in [-0.39, 0.29) is 28.6 Å². The SMILES string of the molecule is CNC(=O)c1ccc(CN(C(=O)c2nc(SC)ncc2Cl)C2CC2)cc1. The second-order valence-electron chi connectivity index (χ2n) is 5.99. The van der Waals surface area contributed by atoms with E-state index >= 15 is 0 Å². The summed E-state index contributed by atoms with van der Waals surface area (Å²) in [5, 5.41) is 3.37. The fraction of sp³-hybridized carbons (Fsp3) is 0.333. The Hall–Kier alpha value is -2.12. The summed E-state index contributed by atoms with van der Waals surface area (Å²) in [5.74, 6) is -0.324. The number of hydrogen-bond donors (Lipinski definition) is 1. The molecule has 1 N–H and O–H groups in total. The number of halogens is 1. The van der Waals surface area contributed by atoms with Crippen LogP contribution in [0, 0.1) is 0 Å². The maximum Gasteiger partial charge on any atom is 0.274 e. The molecule has 0 bridgehead atoms. The van der Waals surface area contributed by atoms with E-state index in [0.717, 1.165) is 18.4 Å². The highest BCUT2D eigenvalue weighted by atomic mass is 35.5. The predicted molar refractivity (Wildman–Crippen MR) is 102 cm³/mol. The average molecular weight is 391 g/mol. The first-order valence-corrected chi connectivity index (χ1v) is 9.82. The van der Waals surface area contributed by atoms with Crippen molar-refractivity contribution in [2.24, 2.45) is 0 Å². The smallest absolute Gasteiger partial charge is 0.274 e. The van der Waals surface area contributed by atoms with Gasteiger partial charge in [-0.2, -0.15) is 0 Å². The Kier molecular flexibility index (Phi) is 5.78. The van der Waals surface area contributed by atoms with E-state index in [1.165, 1.54) is 18.0 Å². The van der Waals surface area contributed by atoms with Gasteiger partial charge in [-0.3, -0.25) is 9.59 Å². The van der Waals surface area contributed by atoms with Gasteiger partial charge in [-0.05, 0) is 36.8 Å². The highest BCUT2D eigenvalue weighted by molar-refractivity contribution is 7.98. The molecule has 2 amide bonds. The van der Waals surface area contributed by atoms with Crippen LogP contribution < -0.4 is 5.32 Å². The van der Waals surface area contributed by atoms with Gasteiger partial charge in [-0.1, -0.05) is 35.5 Å². The highest BCUT2D eigenvalue weighted by Crippen LogP contribution is 2.31. The molecule has 0 radical (unpaired) electrons. The van der Waals surface area contributed by atoms with Gasteiger partial charge in [0.05, 0.1) is 11.2 Å². The Bertz CT molecular complexity index is 824. The molecule has 6 nitrogen and oxygen atoms in total. The van der Waals surface area contributed by atoms with Gasteiger partial charge < -0.3 is 10.2 Å². The first-order chi connectivity index (χ1) is 12.5. The molecule has 0 aliphatic heterocycles. The van der Waals surface area contributed by atoms with Crippen LogP contribution in [0.5, 0.6) is 0 Å². The average Bonchev–Trinajstić information content (AvgIpc) is 3.51. The molecule has 3 rings (SSSR count). The number of hydrogen-bond acceptors (Lipinski definition) is 5. The number of carbonyl (C=O) groups is 2. The van der Waals surface area contributed by atoms with Gasteiger partial charge in [0.1, 0.15) is 0 Å². The molecule has 8 heteroatoms. The van der Waals surface area contributed by atoms with E-state index in [1.807, 2.05) is 18.4 Å². The Morgan fingerprint density at radius 1 is 1.31 bits per heavy atom. The number of nitrogens with zero attached hydrogens (tertiary/aromatic N) is 3. The standard InChI is InChI=1S/C18H19ClN4O2S/c1-20-16(24)12-5-3-11(4-6-12)10-23(13-7-8-13)17(25)15-14(19)9-21-18(22-15)26-2/h3-6,9,13H,7-8,10H2,1-2H3,(H,20,24). The molecule has 2 aromatic rings. The lowest BCUT2D eigenvalue weighted by molar-refractivity contribution is 0.0722. The molecule has 1 heterocycles. The number of thioether (sulfide) groups is 1. The molecule has 1 aliphatic rings. The van der Waals surface area contributed by atoms with Crippen molar-refractivity contribution in [1.29, 1.82) is 0 Å². The monoisotopic (exact) mass is 390 g/mol. The topological polar surface area (TPSA) is 75.2 Å². The maximum absolute atomic E-state index is 13.0. The van der Waals surface area contributed by atoms with Crippen LogP contribution in [0.25, 0.3) is 0 Å². The molecule has 26 heavy (non-hydrogen) atoms. The summed E-state index contributed by atoms with van der Waals surface area (Å²) in [5.41, 5.74) is 1.78. The lowest BCUT2D eigenvalue weighted by atomic mass is 10.1. The van der Waals surface area contributed by atoms with Crippen LogP contribution in [0.15, 0.2) is 35.6 Å². The summed E-state index contributed by atoms with van der Waals surface area (Å²) in [6.07, 6.45) is 5.27. The zero-order valence-electron chi connectivity index (χ0n) is 14.5. The lowest BCUT2D eigenvalue weighted by Crippen LogP contribution is -2.33. The van der Waals surface area contributed by atoms with Crippen LogP contribution in [0.4, 0.5) is 0 Å². The molecule has 0 atom stereocenters. The van der Waals surface area contributed by atoms with Gasteiger partial charge in [0.25, 0.3) is 11.8 Å². The van der Waals surface area contributed by atoms with Gasteiger partial charge in [0, 0.05) is 25.2 Å². The maximum atomic E-state index is 13.0. The fourth-order valence-corrected chi connectivity index (χ4v) is 3.10. The molecule has 136 valence electrons. The molecular weight excluding hydrogens is 372 g/mol. The van der Waals surface area contributed by atoms with Crippen molar-refractivity contribution in [1.82, 2.24) is 20.2 Å². The first-order valence-electron chi connectivity index (χ1n) is 8.22. The van der Waals surface area contributed by atoms with Crippen molar-refractivity contribution in [2.75, 3.05) is 13.3 Å². The molecule has 1 saturated carbocycles. The van der Waals surface area contributed by atoms with Gasteiger partial charge in [-0.15, -0.1) is 0 Å². The Labute approximate surface area is 161 Å². The van der Waals surface area contributed by atoms with E-state index in [2.05, 4.69) is 15.3 Å². The minimum Gasteiger partial charge on any atom is -0.355 e. The van der Waals surface area contributed by atoms with Crippen molar-refractivity contribution in [3.05, 3.63) is 52.3 Å². The largest absolute Gasteiger partial charge is 0.355 e. The molecular formula is C18H19ClN4O2S. The molecule has 0 unspecified atom stereocenters. The Morgan fingerprint density at radius 3 is 2.58 bits per heavy atom. The van der Waals surface area contributed by atoms with Gasteiger partial charge in [-0.25, -0.2) is 9.97 Å². The molecule has 0 saturated heterocycles. The van der Waals surface area contributed by atoms with Crippen LogP contribution in [-0.4, -0.2) is 46.0 Å². The number of carbonyl (C=O) groups excluding carboxylic acids is 2. The third-order valence-electron chi connectivity index (χ3n) is 4.15. The van der Waals surface area contributed by atoms with Crippen LogP contribution in [0.1, 0.15) is 39.3 Å². The highest BCUT2D eigenvalue weighted by Gasteiger charge is 2.34. The lowest BCUT2D eigenvalue weighted by Gasteiger charge is -2.23. The van der Waals surface area contributed by atoms with Crippen LogP contribution >= 0.6 is 23.4 Å². The van der Waals surface area contributed by atoms with Crippen molar-refractivity contribution in [3.8, 4) is 0 Å². The Morgan fingerprint density at radius 2 is 2.00 bits per heavy atom. The van der Waals surface area contributed by atoms with Crippen molar-refractivity contribution in [3.63, 3.8) is 0 Å². The minimum atomic E-state index is -0.189. The second-order valence-corrected chi connectivity index (χ2v) is 7.17. The van der Waals surface area contributed by atoms with E-state index in [4.69, 9.17) is 11.6 Å². The number of rotatable bonds is 6. The van der Waals surface area contributed by atoms with E-state index < -0.39 is 0 Å². The van der Waals surface area contributed by atoms with E-state index in [1.54, 1.807) is 24.1 Å². The normalized spacial score (nSPS) is 13.3. The number of nitrogens with one attached hydrogen (secondary N) is 1. The molecule has 1 aromatic carbocycles. The number of aromatic nitrogens is 2. The third kappa shape index (κ3) is 4.16.